The van der Waals surface area contributed by atoms with Crippen LogP contribution in [0.3, 0.4) is 0 Å². The first-order chi connectivity index (χ1) is 8.11. The van der Waals surface area contributed by atoms with Crippen molar-refractivity contribution >= 4 is 17.4 Å². The second-order valence-corrected chi connectivity index (χ2v) is 3.95. The summed E-state index contributed by atoms with van der Waals surface area (Å²) in [6.45, 7) is 6.27. The molecule has 1 rings (SSSR count). The number of hydrogen-bond donors (Lipinski definition) is 0. The van der Waals surface area contributed by atoms with Crippen molar-refractivity contribution in [2.24, 2.45) is 0 Å². The number of ketones is 1. The van der Waals surface area contributed by atoms with E-state index >= 15 is 0 Å². The van der Waals surface area contributed by atoms with Gasteiger partial charge >= 0.3 is 0 Å². The van der Waals surface area contributed by atoms with Gasteiger partial charge in [0.25, 0.3) is 0 Å². The SMILES string of the molecule is CCOc1cccc(C(Cl)C(C)=O)c1OCC. The first-order valence-electron chi connectivity index (χ1n) is 5.64. The Morgan fingerprint density at radius 1 is 1.29 bits per heavy atom. The summed E-state index contributed by atoms with van der Waals surface area (Å²) in [6, 6.07) is 5.40. The topological polar surface area (TPSA) is 35.5 Å². The predicted octanol–water partition coefficient (Wildman–Crippen LogP) is 3.35. The zero-order valence-electron chi connectivity index (χ0n) is 10.3. The zero-order valence-corrected chi connectivity index (χ0v) is 11.1. The van der Waals surface area contributed by atoms with E-state index in [4.69, 9.17) is 21.1 Å². The van der Waals surface area contributed by atoms with Crippen LogP contribution in [-0.4, -0.2) is 19.0 Å². The maximum atomic E-state index is 11.3. The summed E-state index contributed by atoms with van der Waals surface area (Å²) in [7, 11) is 0. The number of halogens is 1. The summed E-state index contributed by atoms with van der Waals surface area (Å²) in [5, 5.41) is -0.697. The van der Waals surface area contributed by atoms with E-state index < -0.39 is 5.38 Å². The number of alkyl halides is 1. The van der Waals surface area contributed by atoms with Gasteiger partial charge in [0, 0.05) is 5.56 Å². The van der Waals surface area contributed by atoms with Crippen molar-refractivity contribution in [3.63, 3.8) is 0 Å². The lowest BCUT2D eigenvalue weighted by Crippen LogP contribution is -2.07. The third kappa shape index (κ3) is 3.37. The molecule has 4 heteroatoms. The Balaban J connectivity index is 3.18. The summed E-state index contributed by atoms with van der Waals surface area (Å²) < 4.78 is 11.0. The van der Waals surface area contributed by atoms with Crippen molar-refractivity contribution in [3.8, 4) is 11.5 Å². The standard InChI is InChI=1S/C13H17ClO3/c1-4-16-11-8-6-7-10(12(14)9(3)15)13(11)17-5-2/h6-8,12H,4-5H2,1-3H3. The molecule has 0 aromatic heterocycles. The van der Waals surface area contributed by atoms with Gasteiger partial charge in [-0.3, -0.25) is 4.79 Å². The lowest BCUT2D eigenvalue weighted by atomic mass is 10.1. The van der Waals surface area contributed by atoms with Gasteiger partial charge < -0.3 is 9.47 Å². The molecular formula is C13H17ClO3. The van der Waals surface area contributed by atoms with Crippen LogP contribution in [0.25, 0.3) is 0 Å². The van der Waals surface area contributed by atoms with Crippen molar-refractivity contribution < 1.29 is 14.3 Å². The van der Waals surface area contributed by atoms with Crippen LogP contribution in [0.5, 0.6) is 11.5 Å². The largest absolute Gasteiger partial charge is 0.490 e. The van der Waals surface area contributed by atoms with Crippen molar-refractivity contribution in [1.29, 1.82) is 0 Å². The van der Waals surface area contributed by atoms with Crippen LogP contribution in [0.2, 0.25) is 0 Å². The van der Waals surface area contributed by atoms with Gasteiger partial charge in [0.2, 0.25) is 0 Å². The average Bonchev–Trinajstić information content (AvgIpc) is 2.31. The van der Waals surface area contributed by atoms with Crippen LogP contribution >= 0.6 is 11.6 Å². The molecule has 0 radical (unpaired) electrons. The fraction of sp³-hybridized carbons (Fsp3) is 0.462. The van der Waals surface area contributed by atoms with E-state index in [1.165, 1.54) is 6.92 Å². The third-order valence-corrected chi connectivity index (χ3v) is 2.77. The summed E-state index contributed by atoms with van der Waals surface area (Å²) in [5.41, 5.74) is 0.659. The van der Waals surface area contributed by atoms with Crippen LogP contribution in [0, 0.1) is 0 Å². The van der Waals surface area contributed by atoms with Crippen LogP contribution in [0.15, 0.2) is 18.2 Å². The Kier molecular flexibility index (Phi) is 5.29. The van der Waals surface area contributed by atoms with Crippen LogP contribution in [0.4, 0.5) is 0 Å². The van der Waals surface area contributed by atoms with Gasteiger partial charge in [0.15, 0.2) is 17.3 Å². The monoisotopic (exact) mass is 256 g/mol. The van der Waals surface area contributed by atoms with Gasteiger partial charge in [0.05, 0.1) is 13.2 Å². The van der Waals surface area contributed by atoms with Crippen LogP contribution < -0.4 is 9.47 Å². The van der Waals surface area contributed by atoms with Gasteiger partial charge in [0.1, 0.15) is 5.38 Å². The Morgan fingerprint density at radius 3 is 2.47 bits per heavy atom. The molecule has 0 aliphatic rings. The Labute approximate surface area is 107 Å². The average molecular weight is 257 g/mol. The normalized spacial score (nSPS) is 12.0. The summed E-state index contributed by atoms with van der Waals surface area (Å²) in [6.07, 6.45) is 0. The molecule has 0 aliphatic heterocycles. The lowest BCUT2D eigenvalue weighted by molar-refractivity contribution is -0.116. The smallest absolute Gasteiger partial charge is 0.166 e. The molecule has 0 amide bonds. The fourth-order valence-corrected chi connectivity index (χ4v) is 1.69. The first-order valence-corrected chi connectivity index (χ1v) is 6.08. The highest BCUT2D eigenvalue weighted by Gasteiger charge is 2.20. The van der Waals surface area contributed by atoms with E-state index in [1.807, 2.05) is 19.9 Å². The van der Waals surface area contributed by atoms with E-state index in [0.717, 1.165) is 0 Å². The number of Topliss-reactive ketones (excluding diaryl/α,β-unsaturated/α-hetero) is 1. The first kappa shape index (κ1) is 13.8. The number of benzene rings is 1. The van der Waals surface area contributed by atoms with Crippen LogP contribution in [0.1, 0.15) is 31.7 Å². The molecule has 1 aromatic rings. The Bertz CT molecular complexity index is 390. The molecule has 94 valence electrons. The fourth-order valence-electron chi connectivity index (χ4n) is 1.52. The van der Waals surface area contributed by atoms with E-state index in [1.54, 1.807) is 12.1 Å². The molecule has 1 unspecified atom stereocenters. The number of hydrogen-bond acceptors (Lipinski definition) is 3. The highest BCUT2D eigenvalue weighted by molar-refractivity contribution is 6.31. The number of ether oxygens (including phenoxy) is 2. The Hall–Kier alpha value is -1.22. The van der Waals surface area contributed by atoms with Gasteiger partial charge in [-0.15, -0.1) is 11.6 Å². The number of para-hydroxylation sites is 1. The number of carbonyl (C=O) groups is 1. The predicted molar refractivity (Wildman–Crippen MR) is 68.1 cm³/mol. The lowest BCUT2D eigenvalue weighted by Gasteiger charge is -2.16. The van der Waals surface area contributed by atoms with Gasteiger partial charge in [-0.1, -0.05) is 12.1 Å². The molecular weight excluding hydrogens is 240 g/mol. The van der Waals surface area contributed by atoms with E-state index in [2.05, 4.69) is 0 Å². The van der Waals surface area contributed by atoms with Crippen molar-refractivity contribution in [2.75, 3.05) is 13.2 Å². The van der Waals surface area contributed by atoms with Crippen molar-refractivity contribution in [2.45, 2.75) is 26.1 Å². The van der Waals surface area contributed by atoms with Gasteiger partial charge in [-0.25, -0.2) is 0 Å². The van der Waals surface area contributed by atoms with E-state index in [0.29, 0.717) is 30.3 Å². The molecule has 0 spiro atoms. The minimum absolute atomic E-state index is 0.110. The zero-order chi connectivity index (χ0) is 12.8. The summed E-state index contributed by atoms with van der Waals surface area (Å²) in [4.78, 5) is 11.3. The summed E-state index contributed by atoms with van der Waals surface area (Å²) in [5.74, 6) is 1.08. The van der Waals surface area contributed by atoms with Crippen molar-refractivity contribution in [1.82, 2.24) is 0 Å². The Morgan fingerprint density at radius 2 is 1.94 bits per heavy atom. The van der Waals surface area contributed by atoms with Gasteiger partial charge in [-0.05, 0) is 26.8 Å². The molecule has 0 aliphatic carbocycles. The molecule has 0 heterocycles. The molecule has 0 bridgehead atoms. The van der Waals surface area contributed by atoms with E-state index in [-0.39, 0.29) is 5.78 Å². The maximum Gasteiger partial charge on any atom is 0.166 e. The minimum Gasteiger partial charge on any atom is -0.490 e. The second kappa shape index (κ2) is 6.50. The molecule has 1 aromatic carbocycles. The van der Waals surface area contributed by atoms with Gasteiger partial charge in [-0.2, -0.15) is 0 Å². The third-order valence-electron chi connectivity index (χ3n) is 2.23. The molecule has 0 saturated carbocycles. The number of carbonyl (C=O) groups excluding carboxylic acids is 1. The molecule has 3 nitrogen and oxygen atoms in total. The minimum atomic E-state index is -0.697. The maximum absolute atomic E-state index is 11.3. The van der Waals surface area contributed by atoms with Crippen molar-refractivity contribution in [3.05, 3.63) is 23.8 Å². The van der Waals surface area contributed by atoms with E-state index in [9.17, 15) is 4.79 Å². The highest BCUT2D eigenvalue weighted by atomic mass is 35.5. The highest BCUT2D eigenvalue weighted by Crippen LogP contribution is 2.37. The number of rotatable bonds is 6. The summed E-state index contributed by atoms with van der Waals surface area (Å²) >= 11 is 6.07. The molecule has 0 saturated heterocycles. The quantitative estimate of drug-likeness (QED) is 0.732. The molecule has 1 atom stereocenters. The second-order valence-electron chi connectivity index (χ2n) is 3.51. The molecule has 17 heavy (non-hydrogen) atoms. The molecule has 0 N–H and O–H groups in total. The molecule has 0 fully saturated rings. The van der Waals surface area contributed by atoms with Crippen LogP contribution in [-0.2, 0) is 4.79 Å².